The predicted molar refractivity (Wildman–Crippen MR) is 224 cm³/mol. The van der Waals surface area contributed by atoms with Crippen LogP contribution in [0.25, 0.3) is 0 Å². The Hall–Kier alpha value is -2.63. The molecule has 0 fully saturated rings. The molecule has 0 aromatic carbocycles. The van der Waals surface area contributed by atoms with Crippen LogP contribution in [-0.2, 0) is 28.6 Å². The number of allylic oxidation sites excluding steroid dienone is 8. The van der Waals surface area contributed by atoms with Gasteiger partial charge in [-0.25, -0.2) is 0 Å². The summed E-state index contributed by atoms with van der Waals surface area (Å²) in [6, 6.07) is 0. The summed E-state index contributed by atoms with van der Waals surface area (Å²) in [5, 5.41) is 0. The van der Waals surface area contributed by atoms with Gasteiger partial charge in [-0.3, -0.25) is 14.4 Å². The molecule has 0 heterocycles. The molecule has 0 aliphatic heterocycles. The molecule has 0 bridgehead atoms. The third kappa shape index (κ3) is 40.4. The van der Waals surface area contributed by atoms with E-state index < -0.39 is 6.10 Å². The van der Waals surface area contributed by atoms with Crippen molar-refractivity contribution in [3.05, 3.63) is 48.6 Å². The van der Waals surface area contributed by atoms with Crippen LogP contribution >= 0.6 is 0 Å². The summed E-state index contributed by atoms with van der Waals surface area (Å²) in [5.41, 5.74) is 0. The second kappa shape index (κ2) is 42.1. The molecular formula is C47H82O6. The number of carbonyl (C=O) groups excluding carboxylic acids is 3. The van der Waals surface area contributed by atoms with E-state index in [1.54, 1.807) is 0 Å². The van der Waals surface area contributed by atoms with E-state index in [9.17, 15) is 14.4 Å². The lowest BCUT2D eigenvalue weighted by Crippen LogP contribution is -2.30. The molecule has 6 heteroatoms. The molecule has 53 heavy (non-hydrogen) atoms. The zero-order valence-corrected chi connectivity index (χ0v) is 34.8. The van der Waals surface area contributed by atoms with E-state index in [4.69, 9.17) is 14.2 Å². The number of hydrogen-bond donors (Lipinski definition) is 0. The van der Waals surface area contributed by atoms with E-state index in [1.807, 2.05) is 0 Å². The Kier molecular flexibility index (Phi) is 40.0. The highest BCUT2D eigenvalue weighted by atomic mass is 16.6. The highest BCUT2D eigenvalue weighted by molar-refractivity contribution is 5.71. The fourth-order valence-electron chi connectivity index (χ4n) is 5.99. The van der Waals surface area contributed by atoms with Crippen molar-refractivity contribution < 1.29 is 28.6 Å². The monoisotopic (exact) mass is 743 g/mol. The minimum absolute atomic E-state index is 0.0921. The van der Waals surface area contributed by atoms with Crippen LogP contribution < -0.4 is 0 Å². The summed E-state index contributed by atoms with van der Waals surface area (Å²) in [5.74, 6) is -0.950. The summed E-state index contributed by atoms with van der Waals surface area (Å²) in [6.07, 6.45) is 48.1. The van der Waals surface area contributed by atoms with Crippen molar-refractivity contribution >= 4 is 17.9 Å². The van der Waals surface area contributed by atoms with Gasteiger partial charge in [0.2, 0.25) is 0 Å². The van der Waals surface area contributed by atoms with Gasteiger partial charge in [-0.15, -0.1) is 0 Å². The molecule has 6 nitrogen and oxygen atoms in total. The van der Waals surface area contributed by atoms with Gasteiger partial charge in [0.05, 0.1) is 0 Å². The molecule has 1 unspecified atom stereocenters. The Morgan fingerprint density at radius 3 is 1.26 bits per heavy atom. The molecule has 0 spiro atoms. The Balaban J connectivity index is 4.41. The summed E-state index contributed by atoms with van der Waals surface area (Å²) in [7, 11) is 0. The average Bonchev–Trinajstić information content (AvgIpc) is 3.15. The normalized spacial score (nSPS) is 12.4. The molecular weight excluding hydrogens is 661 g/mol. The van der Waals surface area contributed by atoms with Crippen LogP contribution in [0, 0.1) is 0 Å². The lowest BCUT2D eigenvalue weighted by atomic mass is 10.0. The van der Waals surface area contributed by atoms with Gasteiger partial charge in [0, 0.05) is 19.3 Å². The molecule has 0 amide bonds. The summed E-state index contributed by atoms with van der Waals surface area (Å²) in [4.78, 5) is 37.6. The third-order valence-electron chi connectivity index (χ3n) is 9.32. The summed E-state index contributed by atoms with van der Waals surface area (Å²) in [6.45, 7) is 6.43. The van der Waals surface area contributed by atoms with Crippen molar-refractivity contribution in [2.45, 2.75) is 219 Å². The van der Waals surface area contributed by atoms with Crippen LogP contribution in [0.3, 0.4) is 0 Å². The Labute approximate surface area is 327 Å². The summed E-state index contributed by atoms with van der Waals surface area (Å²) >= 11 is 0. The van der Waals surface area contributed by atoms with E-state index in [-0.39, 0.29) is 31.1 Å². The summed E-state index contributed by atoms with van der Waals surface area (Å²) < 4.78 is 16.6. The van der Waals surface area contributed by atoms with Gasteiger partial charge in [0.25, 0.3) is 0 Å². The SMILES string of the molecule is CC/C=C\C/C=C\C/C=C\CCCCCCC(=O)OCC(COC(=O)CCC/C=C\CCCCCC)OC(=O)CCCCCCCCCCCCCC. The van der Waals surface area contributed by atoms with Crippen molar-refractivity contribution in [1.29, 1.82) is 0 Å². The Bertz CT molecular complexity index is 949. The standard InChI is InChI=1S/C47H82O6/c1-4-7-10-13-16-19-21-23-24-26-28-31-34-37-40-46(49)52-43-44(42-51-45(48)39-36-33-30-27-18-15-12-9-6-3)53-47(50)41-38-35-32-29-25-22-20-17-14-11-8-5-2/h7,10,16,19,23-24,27,30,44H,4-6,8-9,11-15,17-18,20-22,25-26,28-29,31-43H2,1-3H3/b10-7-,19-16-,24-23-,30-27-. The fourth-order valence-corrected chi connectivity index (χ4v) is 5.99. The second-order valence-corrected chi connectivity index (χ2v) is 14.6. The van der Waals surface area contributed by atoms with Gasteiger partial charge in [0.15, 0.2) is 6.10 Å². The number of ether oxygens (including phenoxy) is 3. The van der Waals surface area contributed by atoms with E-state index in [1.165, 1.54) is 83.5 Å². The smallest absolute Gasteiger partial charge is 0.306 e. The van der Waals surface area contributed by atoms with Crippen molar-refractivity contribution in [2.75, 3.05) is 13.2 Å². The lowest BCUT2D eigenvalue weighted by Gasteiger charge is -2.18. The topological polar surface area (TPSA) is 78.9 Å². The van der Waals surface area contributed by atoms with E-state index in [0.717, 1.165) is 83.5 Å². The molecule has 0 N–H and O–H groups in total. The molecule has 1 atom stereocenters. The molecule has 0 aliphatic carbocycles. The number of carbonyl (C=O) groups is 3. The van der Waals surface area contributed by atoms with Gasteiger partial charge in [-0.2, -0.15) is 0 Å². The van der Waals surface area contributed by atoms with Crippen molar-refractivity contribution in [3.63, 3.8) is 0 Å². The van der Waals surface area contributed by atoms with E-state index in [2.05, 4.69) is 69.4 Å². The van der Waals surface area contributed by atoms with Crippen molar-refractivity contribution in [1.82, 2.24) is 0 Å². The van der Waals surface area contributed by atoms with Crippen molar-refractivity contribution in [2.24, 2.45) is 0 Å². The zero-order valence-electron chi connectivity index (χ0n) is 34.8. The van der Waals surface area contributed by atoms with Crippen LogP contribution in [-0.4, -0.2) is 37.2 Å². The van der Waals surface area contributed by atoms with Gasteiger partial charge in [0.1, 0.15) is 13.2 Å². The number of esters is 3. The van der Waals surface area contributed by atoms with Crippen LogP contribution in [0.5, 0.6) is 0 Å². The quantitative estimate of drug-likeness (QED) is 0.0270. The number of unbranched alkanes of at least 4 members (excludes halogenated alkanes) is 20. The highest BCUT2D eigenvalue weighted by Gasteiger charge is 2.19. The maximum Gasteiger partial charge on any atom is 0.306 e. The first-order valence-electron chi connectivity index (χ1n) is 22.1. The highest BCUT2D eigenvalue weighted by Crippen LogP contribution is 2.14. The molecule has 0 saturated heterocycles. The first-order chi connectivity index (χ1) is 26.0. The fraction of sp³-hybridized carbons (Fsp3) is 0.766. The molecule has 0 aliphatic rings. The minimum Gasteiger partial charge on any atom is -0.462 e. The molecule has 0 rings (SSSR count). The number of rotatable bonds is 39. The maximum absolute atomic E-state index is 12.7. The average molecular weight is 743 g/mol. The molecule has 0 radical (unpaired) electrons. The van der Waals surface area contributed by atoms with Crippen LogP contribution in [0.4, 0.5) is 0 Å². The van der Waals surface area contributed by atoms with Crippen molar-refractivity contribution in [3.8, 4) is 0 Å². The van der Waals surface area contributed by atoms with Gasteiger partial charge >= 0.3 is 17.9 Å². The lowest BCUT2D eigenvalue weighted by molar-refractivity contribution is -0.167. The van der Waals surface area contributed by atoms with Gasteiger partial charge in [-0.05, 0) is 70.6 Å². The van der Waals surface area contributed by atoms with Gasteiger partial charge < -0.3 is 14.2 Å². The second-order valence-electron chi connectivity index (χ2n) is 14.6. The Morgan fingerprint density at radius 1 is 0.396 bits per heavy atom. The molecule has 0 aromatic rings. The minimum atomic E-state index is -0.787. The molecule has 306 valence electrons. The van der Waals surface area contributed by atoms with E-state index >= 15 is 0 Å². The third-order valence-corrected chi connectivity index (χ3v) is 9.32. The largest absolute Gasteiger partial charge is 0.462 e. The molecule has 0 saturated carbocycles. The van der Waals surface area contributed by atoms with Gasteiger partial charge in [-0.1, -0.05) is 172 Å². The number of hydrogen-bond acceptors (Lipinski definition) is 6. The predicted octanol–water partition coefficient (Wildman–Crippen LogP) is 14.0. The first-order valence-corrected chi connectivity index (χ1v) is 22.1. The molecule has 0 aromatic heterocycles. The van der Waals surface area contributed by atoms with Crippen LogP contribution in [0.2, 0.25) is 0 Å². The maximum atomic E-state index is 12.7. The first kappa shape index (κ1) is 50.4. The zero-order chi connectivity index (χ0) is 38.7. The van der Waals surface area contributed by atoms with Crippen LogP contribution in [0.1, 0.15) is 213 Å². The van der Waals surface area contributed by atoms with E-state index in [0.29, 0.717) is 25.7 Å². The van der Waals surface area contributed by atoms with Crippen LogP contribution in [0.15, 0.2) is 48.6 Å². The Morgan fingerprint density at radius 2 is 0.755 bits per heavy atom.